The molecule has 0 bridgehead atoms. The number of hydrogen-bond acceptors (Lipinski definition) is 3. The van der Waals surface area contributed by atoms with Gasteiger partial charge in [0.2, 0.25) is 5.91 Å². The summed E-state index contributed by atoms with van der Waals surface area (Å²) in [6, 6.07) is 0. The normalized spacial score (nSPS) is 26.3. The van der Waals surface area contributed by atoms with Crippen LogP contribution in [0, 0.1) is 0 Å². The van der Waals surface area contributed by atoms with Crippen molar-refractivity contribution in [1.82, 2.24) is 4.90 Å². The molecular formula is C10H19NO3. The molecule has 2 aliphatic heterocycles. The number of likely N-dealkylation sites (tertiary alicyclic amines) is 1. The molecule has 0 aromatic carbocycles. The SMILES string of the molecule is CN1CCCC1=O.OCC1CCCO1. The molecule has 0 spiro atoms. The van der Waals surface area contributed by atoms with Crippen LogP contribution in [0.3, 0.4) is 0 Å². The molecule has 1 atom stereocenters. The number of carbonyl (C=O) groups excluding carboxylic acids is 1. The Morgan fingerprint density at radius 2 is 2.36 bits per heavy atom. The number of amides is 1. The van der Waals surface area contributed by atoms with Gasteiger partial charge in [0.05, 0.1) is 12.7 Å². The third-order valence-electron chi connectivity index (χ3n) is 2.54. The fraction of sp³-hybridized carbons (Fsp3) is 0.900. The van der Waals surface area contributed by atoms with Crippen LogP contribution in [0.15, 0.2) is 0 Å². The molecule has 2 fully saturated rings. The van der Waals surface area contributed by atoms with Gasteiger partial charge in [0, 0.05) is 26.6 Å². The number of nitrogens with zero attached hydrogens (tertiary/aromatic N) is 1. The monoisotopic (exact) mass is 201 g/mol. The molecule has 1 N–H and O–H groups in total. The maximum Gasteiger partial charge on any atom is 0.222 e. The molecule has 0 radical (unpaired) electrons. The summed E-state index contributed by atoms with van der Waals surface area (Å²) in [6.07, 6.45) is 4.12. The van der Waals surface area contributed by atoms with Gasteiger partial charge < -0.3 is 14.7 Å². The summed E-state index contributed by atoms with van der Waals surface area (Å²) in [6.45, 7) is 1.99. The summed E-state index contributed by atoms with van der Waals surface area (Å²) in [5.74, 6) is 0.292. The Hall–Kier alpha value is -0.610. The summed E-state index contributed by atoms with van der Waals surface area (Å²) < 4.78 is 5.05. The van der Waals surface area contributed by atoms with Gasteiger partial charge >= 0.3 is 0 Å². The van der Waals surface area contributed by atoms with Crippen molar-refractivity contribution in [3.63, 3.8) is 0 Å². The maximum atomic E-state index is 10.5. The van der Waals surface area contributed by atoms with E-state index in [9.17, 15) is 4.79 Å². The first-order valence-corrected chi connectivity index (χ1v) is 5.20. The lowest BCUT2D eigenvalue weighted by molar-refractivity contribution is -0.126. The zero-order chi connectivity index (χ0) is 10.4. The van der Waals surface area contributed by atoms with Gasteiger partial charge in [-0.1, -0.05) is 0 Å². The predicted octanol–water partition coefficient (Wildman–Crippen LogP) is 0.396. The Morgan fingerprint density at radius 1 is 1.57 bits per heavy atom. The molecule has 2 saturated heterocycles. The van der Waals surface area contributed by atoms with E-state index >= 15 is 0 Å². The van der Waals surface area contributed by atoms with E-state index in [0.29, 0.717) is 5.91 Å². The third-order valence-corrected chi connectivity index (χ3v) is 2.54. The van der Waals surface area contributed by atoms with Crippen molar-refractivity contribution in [2.24, 2.45) is 0 Å². The van der Waals surface area contributed by atoms with Gasteiger partial charge in [-0.15, -0.1) is 0 Å². The molecular weight excluding hydrogens is 182 g/mol. The van der Waals surface area contributed by atoms with Crippen LogP contribution in [-0.2, 0) is 9.53 Å². The first-order chi connectivity index (χ1) is 6.74. The smallest absolute Gasteiger partial charge is 0.222 e. The number of carbonyl (C=O) groups is 1. The van der Waals surface area contributed by atoms with Crippen LogP contribution in [0.2, 0.25) is 0 Å². The van der Waals surface area contributed by atoms with Crippen molar-refractivity contribution >= 4 is 5.91 Å². The van der Waals surface area contributed by atoms with E-state index in [-0.39, 0.29) is 12.7 Å². The van der Waals surface area contributed by atoms with Crippen LogP contribution in [0.1, 0.15) is 25.7 Å². The number of aliphatic hydroxyl groups excluding tert-OH is 1. The van der Waals surface area contributed by atoms with Crippen LogP contribution in [0.25, 0.3) is 0 Å². The molecule has 2 aliphatic rings. The number of rotatable bonds is 1. The summed E-state index contributed by atoms with van der Waals surface area (Å²) in [7, 11) is 1.84. The second kappa shape index (κ2) is 5.98. The molecule has 4 nitrogen and oxygen atoms in total. The molecule has 4 heteroatoms. The summed E-state index contributed by atoms with van der Waals surface area (Å²) in [4.78, 5) is 12.3. The van der Waals surface area contributed by atoms with Crippen molar-refractivity contribution in [3.05, 3.63) is 0 Å². The highest BCUT2D eigenvalue weighted by atomic mass is 16.5. The van der Waals surface area contributed by atoms with E-state index in [2.05, 4.69) is 0 Å². The Labute approximate surface area is 84.8 Å². The topological polar surface area (TPSA) is 49.8 Å². The van der Waals surface area contributed by atoms with E-state index in [0.717, 1.165) is 38.8 Å². The second-order valence-electron chi connectivity index (χ2n) is 3.74. The quantitative estimate of drug-likeness (QED) is 0.668. The van der Waals surface area contributed by atoms with Gasteiger partial charge in [-0.25, -0.2) is 0 Å². The molecule has 1 unspecified atom stereocenters. The lowest BCUT2D eigenvalue weighted by Crippen LogP contribution is -2.17. The van der Waals surface area contributed by atoms with Crippen LogP contribution in [0.5, 0.6) is 0 Å². The first-order valence-electron chi connectivity index (χ1n) is 5.20. The average Bonchev–Trinajstić information content (AvgIpc) is 2.80. The van der Waals surface area contributed by atoms with E-state index in [1.54, 1.807) is 4.90 Å². The number of aliphatic hydroxyl groups is 1. The number of hydrogen-bond donors (Lipinski definition) is 1. The summed E-state index contributed by atoms with van der Waals surface area (Å²) in [5, 5.41) is 8.44. The van der Waals surface area contributed by atoms with Gasteiger partial charge in [0.1, 0.15) is 0 Å². The van der Waals surface area contributed by atoms with Crippen LogP contribution >= 0.6 is 0 Å². The molecule has 82 valence electrons. The van der Waals surface area contributed by atoms with E-state index in [4.69, 9.17) is 9.84 Å². The fourth-order valence-electron chi connectivity index (χ4n) is 1.57. The Bertz CT molecular complexity index is 178. The van der Waals surface area contributed by atoms with Gasteiger partial charge in [-0.05, 0) is 19.3 Å². The summed E-state index contributed by atoms with van der Waals surface area (Å²) >= 11 is 0. The van der Waals surface area contributed by atoms with Crippen molar-refractivity contribution < 1.29 is 14.6 Å². The van der Waals surface area contributed by atoms with E-state index in [1.807, 2.05) is 7.05 Å². The molecule has 0 saturated carbocycles. The Kier molecular flexibility index (Phi) is 4.90. The second-order valence-corrected chi connectivity index (χ2v) is 3.74. The largest absolute Gasteiger partial charge is 0.394 e. The fourth-order valence-corrected chi connectivity index (χ4v) is 1.57. The van der Waals surface area contributed by atoms with Crippen LogP contribution in [-0.4, -0.2) is 48.8 Å². The molecule has 14 heavy (non-hydrogen) atoms. The minimum atomic E-state index is 0.153. The molecule has 2 rings (SSSR count). The van der Waals surface area contributed by atoms with Gasteiger partial charge in [-0.2, -0.15) is 0 Å². The van der Waals surface area contributed by atoms with E-state index < -0.39 is 0 Å². The molecule has 2 heterocycles. The molecule has 1 amide bonds. The zero-order valence-electron chi connectivity index (χ0n) is 8.74. The van der Waals surface area contributed by atoms with Crippen LogP contribution in [0.4, 0.5) is 0 Å². The van der Waals surface area contributed by atoms with Crippen molar-refractivity contribution in [2.45, 2.75) is 31.8 Å². The zero-order valence-corrected chi connectivity index (χ0v) is 8.74. The van der Waals surface area contributed by atoms with Crippen molar-refractivity contribution in [3.8, 4) is 0 Å². The minimum absolute atomic E-state index is 0.153. The highest BCUT2D eigenvalue weighted by Crippen LogP contribution is 2.09. The number of ether oxygens (including phenoxy) is 1. The first kappa shape index (κ1) is 11.5. The summed E-state index contributed by atoms with van der Waals surface area (Å²) in [5.41, 5.74) is 0. The predicted molar refractivity (Wildman–Crippen MR) is 52.9 cm³/mol. The minimum Gasteiger partial charge on any atom is -0.394 e. The highest BCUT2D eigenvalue weighted by Gasteiger charge is 2.14. The molecule has 0 aromatic rings. The van der Waals surface area contributed by atoms with Crippen molar-refractivity contribution in [1.29, 1.82) is 0 Å². The highest BCUT2D eigenvalue weighted by molar-refractivity contribution is 5.77. The third kappa shape index (κ3) is 3.64. The maximum absolute atomic E-state index is 10.5. The van der Waals surface area contributed by atoms with Crippen LogP contribution < -0.4 is 0 Å². The van der Waals surface area contributed by atoms with Gasteiger partial charge in [-0.3, -0.25) is 4.79 Å². The molecule has 0 aliphatic carbocycles. The Morgan fingerprint density at radius 3 is 2.57 bits per heavy atom. The molecule has 0 aromatic heterocycles. The van der Waals surface area contributed by atoms with Gasteiger partial charge in [0.15, 0.2) is 0 Å². The average molecular weight is 201 g/mol. The lowest BCUT2D eigenvalue weighted by atomic mass is 10.2. The van der Waals surface area contributed by atoms with E-state index in [1.165, 1.54) is 0 Å². The Balaban J connectivity index is 0.000000140. The van der Waals surface area contributed by atoms with Crippen molar-refractivity contribution in [2.75, 3.05) is 26.8 Å². The lowest BCUT2D eigenvalue weighted by Gasteiger charge is -2.03. The van der Waals surface area contributed by atoms with Gasteiger partial charge in [0.25, 0.3) is 0 Å². The standard InChI is InChI=1S/C5H9NO.C5H10O2/c1-6-4-2-3-5(6)7;6-4-5-2-1-3-7-5/h2-4H2,1H3;5-6H,1-4H2.